The van der Waals surface area contributed by atoms with Crippen molar-refractivity contribution >= 4 is 29.6 Å². The Kier molecular flexibility index (Phi) is 8.30. The Hall–Kier alpha value is -3.06. The van der Waals surface area contributed by atoms with Crippen molar-refractivity contribution in [2.75, 3.05) is 19.8 Å². The number of rotatable bonds is 9. The first-order valence-electron chi connectivity index (χ1n) is 8.58. The minimum atomic E-state index is -0.995. The number of carbonyl (C=O) groups excluding carboxylic acids is 2. The number of esters is 1. The van der Waals surface area contributed by atoms with E-state index in [0.717, 1.165) is 0 Å². The molecule has 0 radical (unpaired) electrons. The van der Waals surface area contributed by atoms with Gasteiger partial charge < -0.3 is 19.9 Å². The van der Waals surface area contributed by atoms with Crippen molar-refractivity contribution in [1.82, 2.24) is 5.32 Å². The van der Waals surface area contributed by atoms with Crippen LogP contribution in [0.2, 0.25) is 5.02 Å². The van der Waals surface area contributed by atoms with E-state index in [9.17, 15) is 19.5 Å². The summed E-state index contributed by atoms with van der Waals surface area (Å²) in [6, 6.07) is 15.0. The van der Waals surface area contributed by atoms with Crippen LogP contribution in [-0.4, -0.2) is 42.9 Å². The molecule has 0 aliphatic rings. The summed E-state index contributed by atoms with van der Waals surface area (Å²) in [6.45, 7) is -0.0736. The number of hydrogen-bond acceptors (Lipinski definition) is 5. The van der Waals surface area contributed by atoms with Gasteiger partial charge >= 0.3 is 18.0 Å². The summed E-state index contributed by atoms with van der Waals surface area (Å²) >= 11 is 5.80. The highest BCUT2D eigenvalue weighted by Crippen LogP contribution is 2.21. The van der Waals surface area contributed by atoms with Crippen molar-refractivity contribution < 1.29 is 29.0 Å². The number of benzene rings is 2. The van der Waals surface area contributed by atoms with Crippen molar-refractivity contribution in [3.05, 3.63) is 70.7 Å². The van der Waals surface area contributed by atoms with Gasteiger partial charge in [-0.05, 0) is 36.2 Å². The molecule has 8 heteroatoms. The van der Waals surface area contributed by atoms with Crippen molar-refractivity contribution in [3.63, 3.8) is 0 Å². The van der Waals surface area contributed by atoms with Crippen LogP contribution in [0.1, 0.15) is 28.3 Å². The van der Waals surface area contributed by atoms with Crippen LogP contribution in [-0.2, 0) is 14.3 Å². The van der Waals surface area contributed by atoms with E-state index in [1.165, 1.54) is 0 Å². The molecule has 1 amide bonds. The van der Waals surface area contributed by atoms with E-state index in [-0.39, 0.29) is 26.2 Å². The first-order chi connectivity index (χ1) is 13.5. The highest BCUT2D eigenvalue weighted by molar-refractivity contribution is 6.30. The predicted octanol–water partition coefficient (Wildman–Crippen LogP) is 3.48. The summed E-state index contributed by atoms with van der Waals surface area (Å²) in [5, 5.41) is 12.3. The smallest absolute Gasteiger partial charge is 0.407 e. The number of carbonyl (C=O) groups is 3. The Balaban J connectivity index is 1.66. The Labute approximate surface area is 167 Å². The molecule has 0 aliphatic carbocycles. The van der Waals surface area contributed by atoms with Crippen LogP contribution in [0.5, 0.6) is 0 Å². The first kappa shape index (κ1) is 21.2. The molecule has 148 valence electrons. The number of aliphatic carboxylic acids is 1. The van der Waals surface area contributed by atoms with E-state index in [0.29, 0.717) is 16.1 Å². The van der Waals surface area contributed by atoms with Crippen LogP contribution in [0.4, 0.5) is 4.79 Å². The number of halogens is 1. The highest BCUT2D eigenvalue weighted by atomic mass is 35.5. The molecule has 0 saturated heterocycles. The second kappa shape index (κ2) is 10.9. The van der Waals surface area contributed by atoms with Gasteiger partial charge in [-0.15, -0.1) is 0 Å². The standard InChI is InChI=1S/C20H20ClNO6/c21-16-8-6-14(7-9-16)17(18(23)24)10-11-22-20(26)28-13-12-27-19(25)15-4-2-1-3-5-15/h1-9,17H,10-13H2,(H,22,26)(H,23,24). The van der Waals surface area contributed by atoms with Crippen LogP contribution in [0.25, 0.3) is 0 Å². The summed E-state index contributed by atoms with van der Waals surface area (Å²) < 4.78 is 9.89. The number of amides is 1. The quantitative estimate of drug-likeness (QED) is 0.489. The van der Waals surface area contributed by atoms with Gasteiger partial charge in [-0.2, -0.15) is 0 Å². The minimum absolute atomic E-state index is 0.0797. The zero-order chi connectivity index (χ0) is 20.4. The first-order valence-corrected chi connectivity index (χ1v) is 8.96. The molecule has 2 rings (SSSR count). The lowest BCUT2D eigenvalue weighted by atomic mass is 9.96. The molecule has 0 fully saturated rings. The van der Waals surface area contributed by atoms with E-state index in [1.54, 1.807) is 54.6 Å². The monoisotopic (exact) mass is 405 g/mol. The highest BCUT2D eigenvalue weighted by Gasteiger charge is 2.19. The third-order valence-corrected chi connectivity index (χ3v) is 4.08. The molecule has 2 aromatic rings. The van der Waals surface area contributed by atoms with Crippen molar-refractivity contribution in [2.45, 2.75) is 12.3 Å². The zero-order valence-corrected chi connectivity index (χ0v) is 15.7. The number of hydrogen-bond donors (Lipinski definition) is 2. The lowest BCUT2D eigenvalue weighted by molar-refractivity contribution is -0.138. The molecule has 0 aromatic heterocycles. The Morgan fingerprint density at radius 3 is 2.25 bits per heavy atom. The fourth-order valence-corrected chi connectivity index (χ4v) is 2.55. The molecule has 1 atom stereocenters. The average Bonchev–Trinajstić information content (AvgIpc) is 2.70. The summed E-state index contributed by atoms with van der Waals surface area (Å²) in [5.41, 5.74) is 1.01. The van der Waals surface area contributed by atoms with E-state index in [2.05, 4.69) is 5.32 Å². The van der Waals surface area contributed by atoms with Gasteiger partial charge in [0.05, 0.1) is 11.5 Å². The SMILES string of the molecule is O=C(NCCC(C(=O)O)c1ccc(Cl)cc1)OCCOC(=O)c1ccccc1. The lowest BCUT2D eigenvalue weighted by Crippen LogP contribution is -2.29. The maximum Gasteiger partial charge on any atom is 0.407 e. The summed E-state index contributed by atoms with van der Waals surface area (Å²) in [4.78, 5) is 34.8. The van der Waals surface area contributed by atoms with Gasteiger partial charge in [-0.1, -0.05) is 41.9 Å². The average molecular weight is 406 g/mol. The van der Waals surface area contributed by atoms with Crippen LogP contribution in [0, 0.1) is 0 Å². The number of carboxylic acid groups (broad SMARTS) is 1. The van der Waals surface area contributed by atoms with Crippen LogP contribution >= 0.6 is 11.6 Å². The van der Waals surface area contributed by atoms with Gasteiger partial charge in [-0.3, -0.25) is 4.79 Å². The number of carboxylic acids is 1. The molecule has 0 heterocycles. The predicted molar refractivity (Wildman–Crippen MR) is 103 cm³/mol. The summed E-state index contributed by atoms with van der Waals surface area (Å²) in [5.74, 6) is -2.27. The Morgan fingerprint density at radius 2 is 1.61 bits per heavy atom. The third-order valence-electron chi connectivity index (χ3n) is 3.83. The zero-order valence-electron chi connectivity index (χ0n) is 15.0. The molecule has 0 saturated carbocycles. The number of nitrogens with one attached hydrogen (secondary N) is 1. The second-order valence-corrected chi connectivity index (χ2v) is 6.23. The van der Waals surface area contributed by atoms with E-state index in [1.807, 2.05) is 0 Å². The van der Waals surface area contributed by atoms with Gasteiger partial charge in [-0.25, -0.2) is 9.59 Å². The summed E-state index contributed by atoms with van der Waals surface area (Å²) in [7, 11) is 0. The van der Waals surface area contributed by atoms with Crippen molar-refractivity contribution in [1.29, 1.82) is 0 Å². The molecule has 0 spiro atoms. The summed E-state index contributed by atoms with van der Waals surface area (Å²) in [6.07, 6.45) is -0.522. The maximum absolute atomic E-state index is 11.7. The molecule has 2 N–H and O–H groups in total. The van der Waals surface area contributed by atoms with Crippen LogP contribution in [0.3, 0.4) is 0 Å². The molecule has 28 heavy (non-hydrogen) atoms. The van der Waals surface area contributed by atoms with E-state index >= 15 is 0 Å². The normalized spacial score (nSPS) is 11.3. The Morgan fingerprint density at radius 1 is 0.964 bits per heavy atom. The molecule has 0 aliphatic heterocycles. The van der Waals surface area contributed by atoms with Gasteiger partial charge in [0.1, 0.15) is 13.2 Å². The largest absolute Gasteiger partial charge is 0.481 e. The fraction of sp³-hybridized carbons (Fsp3) is 0.250. The fourth-order valence-electron chi connectivity index (χ4n) is 2.42. The van der Waals surface area contributed by atoms with Crippen LogP contribution in [0.15, 0.2) is 54.6 Å². The molecule has 0 bridgehead atoms. The van der Waals surface area contributed by atoms with Crippen LogP contribution < -0.4 is 5.32 Å². The second-order valence-electron chi connectivity index (χ2n) is 5.80. The molecular formula is C20H20ClNO6. The minimum Gasteiger partial charge on any atom is -0.481 e. The van der Waals surface area contributed by atoms with Gasteiger partial charge in [0.2, 0.25) is 0 Å². The van der Waals surface area contributed by atoms with E-state index < -0.39 is 23.9 Å². The van der Waals surface area contributed by atoms with Gasteiger partial charge in [0.15, 0.2) is 0 Å². The molecule has 7 nitrogen and oxygen atoms in total. The topological polar surface area (TPSA) is 102 Å². The molecule has 1 unspecified atom stereocenters. The van der Waals surface area contributed by atoms with Crippen molar-refractivity contribution in [3.8, 4) is 0 Å². The maximum atomic E-state index is 11.7. The molecular weight excluding hydrogens is 386 g/mol. The number of ether oxygens (including phenoxy) is 2. The number of alkyl carbamates (subject to hydrolysis) is 1. The van der Waals surface area contributed by atoms with Crippen molar-refractivity contribution in [2.24, 2.45) is 0 Å². The molecule has 2 aromatic carbocycles. The Bertz CT molecular complexity index is 794. The van der Waals surface area contributed by atoms with E-state index in [4.69, 9.17) is 21.1 Å². The van der Waals surface area contributed by atoms with Gasteiger partial charge in [0.25, 0.3) is 0 Å². The van der Waals surface area contributed by atoms with Gasteiger partial charge in [0, 0.05) is 11.6 Å². The third kappa shape index (κ3) is 6.92. The lowest BCUT2D eigenvalue weighted by Gasteiger charge is -2.13.